The number of amides is 1. The predicted octanol–water partition coefficient (Wildman–Crippen LogP) is 0.942. The van der Waals surface area contributed by atoms with Gasteiger partial charge in [-0.1, -0.05) is 11.8 Å². The number of carbonyl (C=O) groups is 1. The van der Waals surface area contributed by atoms with E-state index in [4.69, 9.17) is 5.11 Å². The molecule has 2 aromatic rings. The second-order valence-corrected chi connectivity index (χ2v) is 5.35. The maximum atomic E-state index is 12.1. The highest BCUT2D eigenvalue weighted by Crippen LogP contribution is 2.20. The number of aryl methyl sites for hydroxylation is 2. The summed E-state index contributed by atoms with van der Waals surface area (Å²) >= 11 is 1.32. The first-order valence-electron chi connectivity index (χ1n) is 6.50. The number of hydrogen-bond acceptors (Lipinski definition) is 5. The minimum atomic E-state index is -0.189. The third-order valence-electron chi connectivity index (χ3n) is 2.87. The van der Waals surface area contributed by atoms with Crippen LogP contribution in [0.3, 0.4) is 0 Å². The molecular formula is C14H16N4O2S. The lowest BCUT2D eigenvalue weighted by atomic mass is 10.2. The zero-order chi connectivity index (χ0) is 15.2. The Labute approximate surface area is 126 Å². The molecule has 2 heterocycles. The van der Waals surface area contributed by atoms with Crippen molar-refractivity contribution in [3.63, 3.8) is 0 Å². The standard InChI is InChI=1S/C14H16N4O2S/c1-3-18-9-16-17-13(18)8-15-14(20)12-7-10(2)11(21-12)5-4-6-19/h7,9,19H,3,6,8H2,1-2H3,(H,15,20). The molecule has 7 heteroatoms. The summed E-state index contributed by atoms with van der Waals surface area (Å²) in [5, 5.41) is 19.3. The monoisotopic (exact) mass is 304 g/mol. The van der Waals surface area contributed by atoms with Gasteiger partial charge in [0.05, 0.1) is 16.3 Å². The van der Waals surface area contributed by atoms with E-state index in [-0.39, 0.29) is 12.5 Å². The number of aliphatic hydroxyl groups is 1. The van der Waals surface area contributed by atoms with Crippen LogP contribution in [0.2, 0.25) is 0 Å². The van der Waals surface area contributed by atoms with Crippen molar-refractivity contribution in [1.82, 2.24) is 20.1 Å². The molecule has 0 aliphatic heterocycles. The first-order valence-corrected chi connectivity index (χ1v) is 7.32. The van der Waals surface area contributed by atoms with E-state index >= 15 is 0 Å². The summed E-state index contributed by atoms with van der Waals surface area (Å²) in [6.07, 6.45) is 1.64. The molecular weight excluding hydrogens is 288 g/mol. The van der Waals surface area contributed by atoms with Gasteiger partial charge in [0.2, 0.25) is 0 Å². The van der Waals surface area contributed by atoms with E-state index in [0.717, 1.165) is 22.8 Å². The number of aliphatic hydroxyl groups excluding tert-OH is 1. The molecule has 2 rings (SSSR count). The summed E-state index contributed by atoms with van der Waals surface area (Å²) in [5.41, 5.74) is 0.933. The van der Waals surface area contributed by atoms with Crippen molar-refractivity contribution >= 4 is 17.2 Å². The van der Waals surface area contributed by atoms with Crippen LogP contribution in [-0.2, 0) is 13.1 Å². The number of nitrogens with zero attached hydrogens (tertiary/aromatic N) is 3. The molecule has 2 aromatic heterocycles. The molecule has 0 unspecified atom stereocenters. The fraction of sp³-hybridized carbons (Fsp3) is 0.357. The summed E-state index contributed by atoms with van der Waals surface area (Å²) in [6, 6.07) is 1.80. The maximum absolute atomic E-state index is 12.1. The second kappa shape index (κ2) is 7.02. The number of carbonyl (C=O) groups excluding carboxylic acids is 1. The third-order valence-corrected chi connectivity index (χ3v) is 4.02. The Morgan fingerprint density at radius 3 is 3.10 bits per heavy atom. The van der Waals surface area contributed by atoms with Gasteiger partial charge in [-0.25, -0.2) is 0 Å². The first-order chi connectivity index (χ1) is 10.2. The van der Waals surface area contributed by atoms with Crippen LogP contribution in [0.1, 0.15) is 32.9 Å². The SMILES string of the molecule is CCn1cnnc1CNC(=O)c1cc(C)c(C#CCO)s1. The molecule has 0 saturated heterocycles. The van der Waals surface area contributed by atoms with E-state index in [1.54, 1.807) is 12.4 Å². The van der Waals surface area contributed by atoms with E-state index in [1.807, 2.05) is 18.4 Å². The summed E-state index contributed by atoms with van der Waals surface area (Å²) in [6.45, 7) is 4.79. The van der Waals surface area contributed by atoms with Crippen LogP contribution in [-0.4, -0.2) is 32.4 Å². The molecule has 0 aromatic carbocycles. The summed E-state index contributed by atoms with van der Waals surface area (Å²) in [4.78, 5) is 13.5. The molecule has 110 valence electrons. The summed E-state index contributed by atoms with van der Waals surface area (Å²) < 4.78 is 1.87. The van der Waals surface area contributed by atoms with Gasteiger partial charge in [-0.2, -0.15) is 0 Å². The molecule has 0 atom stereocenters. The van der Waals surface area contributed by atoms with Crippen molar-refractivity contribution in [3.05, 3.63) is 33.5 Å². The van der Waals surface area contributed by atoms with Gasteiger partial charge in [0.1, 0.15) is 12.9 Å². The van der Waals surface area contributed by atoms with Crippen LogP contribution >= 0.6 is 11.3 Å². The van der Waals surface area contributed by atoms with Crippen LogP contribution in [0.25, 0.3) is 0 Å². The zero-order valence-corrected chi connectivity index (χ0v) is 12.7. The quantitative estimate of drug-likeness (QED) is 0.824. The van der Waals surface area contributed by atoms with Crippen molar-refractivity contribution in [2.75, 3.05) is 6.61 Å². The van der Waals surface area contributed by atoms with E-state index < -0.39 is 0 Å². The number of rotatable bonds is 4. The van der Waals surface area contributed by atoms with E-state index in [2.05, 4.69) is 27.4 Å². The third kappa shape index (κ3) is 3.68. The Bertz CT molecular complexity index is 693. The normalized spacial score (nSPS) is 10.0. The number of nitrogens with one attached hydrogen (secondary N) is 1. The zero-order valence-electron chi connectivity index (χ0n) is 11.9. The minimum Gasteiger partial charge on any atom is -0.384 e. The second-order valence-electron chi connectivity index (χ2n) is 4.30. The van der Waals surface area contributed by atoms with E-state index in [1.165, 1.54) is 11.3 Å². The maximum Gasteiger partial charge on any atom is 0.261 e. The molecule has 6 nitrogen and oxygen atoms in total. The molecule has 0 bridgehead atoms. The van der Waals surface area contributed by atoms with Crippen molar-refractivity contribution in [2.24, 2.45) is 0 Å². The summed E-state index contributed by atoms with van der Waals surface area (Å²) in [5.74, 6) is 5.99. The van der Waals surface area contributed by atoms with Gasteiger partial charge in [0.15, 0.2) is 5.82 Å². The molecule has 2 N–H and O–H groups in total. The van der Waals surface area contributed by atoms with Crippen molar-refractivity contribution in [3.8, 4) is 11.8 Å². The highest BCUT2D eigenvalue weighted by Gasteiger charge is 2.12. The van der Waals surface area contributed by atoms with Gasteiger partial charge in [-0.3, -0.25) is 4.79 Å². The van der Waals surface area contributed by atoms with Gasteiger partial charge in [0.25, 0.3) is 5.91 Å². The van der Waals surface area contributed by atoms with Crippen molar-refractivity contribution in [2.45, 2.75) is 26.9 Å². The van der Waals surface area contributed by atoms with Gasteiger partial charge in [0, 0.05) is 6.54 Å². The van der Waals surface area contributed by atoms with Gasteiger partial charge >= 0.3 is 0 Å². The predicted molar refractivity (Wildman–Crippen MR) is 79.9 cm³/mol. The van der Waals surface area contributed by atoms with E-state index in [0.29, 0.717) is 11.4 Å². The van der Waals surface area contributed by atoms with Crippen LogP contribution in [0.4, 0.5) is 0 Å². The Balaban J connectivity index is 2.04. The lowest BCUT2D eigenvalue weighted by molar-refractivity contribution is 0.0953. The highest BCUT2D eigenvalue weighted by atomic mass is 32.1. The Morgan fingerprint density at radius 1 is 1.57 bits per heavy atom. The van der Waals surface area contributed by atoms with Crippen LogP contribution in [0.5, 0.6) is 0 Å². The Kier molecular flexibility index (Phi) is 5.09. The van der Waals surface area contributed by atoms with E-state index in [9.17, 15) is 4.79 Å². The Hall–Kier alpha value is -2.17. The molecule has 1 amide bonds. The van der Waals surface area contributed by atoms with Crippen molar-refractivity contribution < 1.29 is 9.90 Å². The molecule has 0 aliphatic carbocycles. The number of aromatic nitrogens is 3. The number of thiophene rings is 1. The topological polar surface area (TPSA) is 80.0 Å². The smallest absolute Gasteiger partial charge is 0.261 e. The molecule has 0 spiro atoms. The molecule has 0 aliphatic rings. The number of hydrogen-bond donors (Lipinski definition) is 2. The van der Waals surface area contributed by atoms with Crippen LogP contribution in [0, 0.1) is 18.8 Å². The lowest BCUT2D eigenvalue weighted by Crippen LogP contribution is -2.23. The van der Waals surface area contributed by atoms with Crippen LogP contribution in [0.15, 0.2) is 12.4 Å². The van der Waals surface area contributed by atoms with Gasteiger partial charge in [-0.05, 0) is 25.5 Å². The molecule has 0 radical (unpaired) electrons. The molecule has 21 heavy (non-hydrogen) atoms. The Morgan fingerprint density at radius 2 is 2.38 bits per heavy atom. The molecule has 0 fully saturated rings. The minimum absolute atomic E-state index is 0.161. The fourth-order valence-electron chi connectivity index (χ4n) is 1.76. The molecule has 0 saturated carbocycles. The fourth-order valence-corrected chi connectivity index (χ4v) is 2.73. The lowest BCUT2D eigenvalue weighted by Gasteiger charge is -2.04. The largest absolute Gasteiger partial charge is 0.384 e. The average molecular weight is 304 g/mol. The highest BCUT2D eigenvalue weighted by molar-refractivity contribution is 7.14. The average Bonchev–Trinajstić information content (AvgIpc) is 3.08. The van der Waals surface area contributed by atoms with Gasteiger partial charge in [-0.15, -0.1) is 21.5 Å². The van der Waals surface area contributed by atoms with Gasteiger partial charge < -0.3 is 15.0 Å². The van der Waals surface area contributed by atoms with Crippen molar-refractivity contribution in [1.29, 1.82) is 0 Å². The first kappa shape index (κ1) is 15.2. The summed E-state index contributed by atoms with van der Waals surface area (Å²) in [7, 11) is 0. The van der Waals surface area contributed by atoms with Crippen LogP contribution < -0.4 is 5.32 Å².